The molecule has 0 aromatic heterocycles. The molecule has 3 unspecified atom stereocenters. The molecule has 0 bridgehead atoms. The van der Waals surface area contributed by atoms with E-state index in [9.17, 15) is 0 Å². The van der Waals surface area contributed by atoms with E-state index < -0.39 is 0 Å². The molecule has 5 nitrogen and oxygen atoms in total. The number of hydrogen-bond acceptors (Lipinski definition) is 5. The quantitative estimate of drug-likeness (QED) is 0.726. The second kappa shape index (κ2) is 8.50. The van der Waals surface area contributed by atoms with Crippen LogP contribution in [-0.2, 0) is 6.42 Å². The Morgan fingerprint density at radius 3 is 2.52 bits per heavy atom. The van der Waals surface area contributed by atoms with Crippen molar-refractivity contribution in [3.63, 3.8) is 0 Å². The largest absolute Gasteiger partial charge is 0.489 e. The van der Waals surface area contributed by atoms with Crippen LogP contribution in [0.5, 0.6) is 5.75 Å². The van der Waals surface area contributed by atoms with E-state index in [0.29, 0.717) is 18.2 Å². The van der Waals surface area contributed by atoms with Crippen molar-refractivity contribution in [2.75, 3.05) is 32.1 Å². The summed E-state index contributed by atoms with van der Waals surface area (Å²) in [5, 5.41) is 0. The normalized spacial score (nSPS) is 31.7. The molecule has 3 fully saturated rings. The Hall–Kier alpha value is -2.01. The van der Waals surface area contributed by atoms with Gasteiger partial charge in [0.05, 0.1) is 12.1 Å². The molecule has 5 heteroatoms. The van der Waals surface area contributed by atoms with Gasteiger partial charge in [0.2, 0.25) is 0 Å². The van der Waals surface area contributed by atoms with Gasteiger partial charge in [0.1, 0.15) is 5.75 Å². The Labute approximate surface area is 187 Å². The Kier molecular flexibility index (Phi) is 5.72. The average molecular weight is 423 g/mol. The van der Waals surface area contributed by atoms with Crippen molar-refractivity contribution >= 4 is 17.5 Å². The van der Waals surface area contributed by atoms with Crippen LogP contribution in [0.2, 0.25) is 0 Å². The van der Waals surface area contributed by atoms with Crippen LogP contribution in [0.1, 0.15) is 56.6 Å². The van der Waals surface area contributed by atoms with Crippen LogP contribution in [-0.4, -0.2) is 56.5 Å². The molecule has 168 valence electrons. The van der Waals surface area contributed by atoms with Crippen LogP contribution in [0.25, 0.3) is 5.57 Å². The minimum Gasteiger partial charge on any atom is -0.489 e. The zero-order valence-corrected chi connectivity index (χ0v) is 19.4. The van der Waals surface area contributed by atoms with Crippen molar-refractivity contribution in [2.45, 2.75) is 70.1 Å². The first-order valence-corrected chi connectivity index (χ1v) is 12.2. The van der Waals surface area contributed by atoms with Crippen molar-refractivity contribution in [1.29, 1.82) is 0 Å². The van der Waals surface area contributed by atoms with Gasteiger partial charge in [0.15, 0.2) is 0 Å². The molecule has 0 amide bonds. The van der Waals surface area contributed by atoms with Gasteiger partial charge in [0.25, 0.3) is 0 Å². The van der Waals surface area contributed by atoms with E-state index in [4.69, 9.17) is 15.5 Å². The lowest BCUT2D eigenvalue weighted by Crippen LogP contribution is -2.34. The maximum absolute atomic E-state index is 6.60. The lowest BCUT2D eigenvalue weighted by Gasteiger charge is -2.37. The molecule has 2 aliphatic carbocycles. The average Bonchev–Trinajstić information content (AvgIpc) is 3.25. The highest BCUT2D eigenvalue weighted by molar-refractivity contribution is 6.11. The van der Waals surface area contributed by atoms with Crippen LogP contribution in [0.4, 0.5) is 5.69 Å². The summed E-state index contributed by atoms with van der Waals surface area (Å²) in [6.45, 7) is 4.76. The minimum absolute atomic E-state index is 0.345. The van der Waals surface area contributed by atoms with Gasteiger partial charge >= 0.3 is 0 Å². The number of anilines is 1. The summed E-state index contributed by atoms with van der Waals surface area (Å²) < 4.78 is 6.60. The first-order chi connectivity index (χ1) is 15.0. The Morgan fingerprint density at radius 2 is 1.87 bits per heavy atom. The Morgan fingerprint density at radius 1 is 1.13 bits per heavy atom. The van der Waals surface area contributed by atoms with Crippen molar-refractivity contribution in [3.05, 3.63) is 29.5 Å². The number of hydrogen-bond donors (Lipinski definition) is 1. The first kappa shape index (κ1) is 20.9. The SMILES string of the molecule is CC1CCc2c(ccc(C(C=NC3CC4CN(C)CC4C3)=CN)c2OC2CCC2)N1C. The van der Waals surface area contributed by atoms with Crippen LogP contribution < -0.4 is 15.4 Å². The van der Waals surface area contributed by atoms with E-state index >= 15 is 0 Å². The van der Waals surface area contributed by atoms with Gasteiger partial charge in [-0.15, -0.1) is 0 Å². The molecular formula is C26H38N4O. The maximum atomic E-state index is 6.60. The fourth-order valence-electron chi connectivity index (χ4n) is 6.00. The van der Waals surface area contributed by atoms with Gasteiger partial charge in [-0.05, 0) is 82.9 Å². The summed E-state index contributed by atoms with van der Waals surface area (Å²) in [7, 11) is 4.44. The molecule has 5 rings (SSSR count). The molecular weight excluding hydrogens is 384 g/mol. The molecule has 31 heavy (non-hydrogen) atoms. The maximum Gasteiger partial charge on any atom is 0.132 e. The fourth-order valence-corrected chi connectivity index (χ4v) is 6.00. The molecule has 2 saturated carbocycles. The predicted molar refractivity (Wildman–Crippen MR) is 129 cm³/mol. The second-order valence-corrected chi connectivity index (χ2v) is 10.4. The van der Waals surface area contributed by atoms with Crippen LogP contribution in [0.3, 0.4) is 0 Å². The minimum atomic E-state index is 0.345. The number of aliphatic imine (C=N–C) groups is 1. The third-order valence-corrected chi connectivity index (χ3v) is 8.25. The van der Waals surface area contributed by atoms with E-state index in [0.717, 1.165) is 54.4 Å². The van der Waals surface area contributed by atoms with E-state index in [1.807, 2.05) is 6.21 Å². The standard InChI is InChI=1S/C26H38N4O/c1-17-7-8-24-25(30(17)3)10-9-23(26(24)31-22-5-4-6-22)20(13-27)14-28-21-11-18-15-29(2)16-19(18)12-21/h9-10,13-14,17-19,21-22H,4-8,11-12,15-16,27H2,1-3H3. The Bertz CT molecular complexity index is 860. The van der Waals surface area contributed by atoms with Gasteiger partial charge in [-0.3, -0.25) is 4.99 Å². The van der Waals surface area contributed by atoms with Gasteiger partial charge in [-0.2, -0.15) is 0 Å². The number of allylic oxidation sites excluding steroid dienone is 1. The van der Waals surface area contributed by atoms with Crippen molar-refractivity contribution in [2.24, 2.45) is 22.6 Å². The summed E-state index contributed by atoms with van der Waals surface area (Å²) in [6, 6.07) is 5.44. The third-order valence-electron chi connectivity index (χ3n) is 8.25. The molecule has 0 spiro atoms. The zero-order valence-electron chi connectivity index (χ0n) is 19.4. The third kappa shape index (κ3) is 3.97. The number of benzene rings is 1. The van der Waals surface area contributed by atoms with E-state index in [1.165, 1.54) is 43.6 Å². The summed E-state index contributed by atoms with van der Waals surface area (Å²) >= 11 is 0. The second-order valence-electron chi connectivity index (χ2n) is 10.4. The molecule has 2 heterocycles. The highest BCUT2D eigenvalue weighted by Gasteiger charge is 2.39. The summed E-state index contributed by atoms with van der Waals surface area (Å²) in [5.74, 6) is 2.68. The topological polar surface area (TPSA) is 54.1 Å². The van der Waals surface area contributed by atoms with Crippen LogP contribution in [0.15, 0.2) is 23.3 Å². The molecule has 1 aromatic carbocycles. The fraction of sp³-hybridized carbons (Fsp3) is 0.654. The van der Waals surface area contributed by atoms with Crippen LogP contribution in [0, 0.1) is 11.8 Å². The molecule has 4 aliphatic rings. The molecule has 2 N–H and O–H groups in total. The van der Waals surface area contributed by atoms with E-state index in [-0.39, 0.29) is 0 Å². The number of fused-ring (bicyclic) bond motifs is 2. The highest BCUT2D eigenvalue weighted by Crippen LogP contribution is 2.43. The monoisotopic (exact) mass is 422 g/mol. The van der Waals surface area contributed by atoms with E-state index in [1.54, 1.807) is 6.20 Å². The van der Waals surface area contributed by atoms with E-state index in [2.05, 4.69) is 43.0 Å². The smallest absolute Gasteiger partial charge is 0.132 e. The van der Waals surface area contributed by atoms with Gasteiger partial charge in [0, 0.05) is 61.0 Å². The van der Waals surface area contributed by atoms with Crippen molar-refractivity contribution in [1.82, 2.24) is 4.90 Å². The van der Waals surface area contributed by atoms with Crippen molar-refractivity contribution in [3.8, 4) is 5.75 Å². The van der Waals surface area contributed by atoms with Gasteiger partial charge in [-0.1, -0.05) is 0 Å². The zero-order chi connectivity index (χ0) is 21.5. The summed E-state index contributed by atoms with van der Waals surface area (Å²) in [6.07, 6.45) is 12.3. The number of nitrogens with zero attached hydrogens (tertiary/aromatic N) is 3. The molecule has 3 atom stereocenters. The predicted octanol–water partition coefficient (Wildman–Crippen LogP) is 4.10. The lowest BCUT2D eigenvalue weighted by molar-refractivity contribution is 0.118. The molecule has 1 aromatic rings. The molecule has 2 aliphatic heterocycles. The van der Waals surface area contributed by atoms with Gasteiger partial charge < -0.3 is 20.3 Å². The number of ether oxygens (including phenoxy) is 1. The number of rotatable bonds is 5. The summed E-state index contributed by atoms with van der Waals surface area (Å²) in [4.78, 5) is 9.88. The lowest BCUT2D eigenvalue weighted by atomic mass is 9.91. The molecule has 0 radical (unpaired) electrons. The van der Waals surface area contributed by atoms with Crippen molar-refractivity contribution < 1.29 is 4.74 Å². The first-order valence-electron chi connectivity index (χ1n) is 12.2. The highest BCUT2D eigenvalue weighted by atomic mass is 16.5. The van der Waals surface area contributed by atoms with Crippen LogP contribution >= 0.6 is 0 Å². The van der Waals surface area contributed by atoms with Gasteiger partial charge in [-0.25, -0.2) is 0 Å². The Balaban J connectivity index is 1.41. The number of nitrogens with two attached hydrogens (primary N) is 1. The summed E-state index contributed by atoms with van der Waals surface area (Å²) in [5.41, 5.74) is 10.9. The number of likely N-dealkylation sites (tertiary alicyclic amines) is 1. The molecule has 1 saturated heterocycles.